The fourth-order valence-electron chi connectivity index (χ4n) is 4.28. The fraction of sp³-hybridized carbons (Fsp3) is 0.148. The van der Waals surface area contributed by atoms with Crippen molar-refractivity contribution in [1.29, 1.82) is 0 Å². The molecule has 3 aromatic carbocycles. The van der Waals surface area contributed by atoms with E-state index in [0.29, 0.717) is 36.9 Å². The lowest BCUT2D eigenvalue weighted by Gasteiger charge is -2.37. The van der Waals surface area contributed by atoms with Crippen LogP contribution in [-0.2, 0) is 0 Å². The molecule has 0 bridgehead atoms. The molecule has 1 aliphatic heterocycles. The van der Waals surface area contributed by atoms with Crippen LogP contribution in [0.5, 0.6) is 5.75 Å². The van der Waals surface area contributed by atoms with Crippen molar-refractivity contribution in [2.45, 2.75) is 0 Å². The predicted molar refractivity (Wildman–Crippen MR) is 147 cm³/mol. The second kappa shape index (κ2) is 10.0. The minimum Gasteiger partial charge on any atom is -0.506 e. The quantitative estimate of drug-likeness (QED) is 0.344. The molecule has 4 aromatic rings. The van der Waals surface area contributed by atoms with E-state index in [9.17, 15) is 9.90 Å². The van der Waals surface area contributed by atoms with Crippen molar-refractivity contribution in [1.82, 2.24) is 15.2 Å². The lowest BCUT2D eigenvalue weighted by Crippen LogP contribution is -2.52. The number of anilines is 1. The summed E-state index contributed by atoms with van der Waals surface area (Å²) >= 11 is 9.11. The molecule has 1 aromatic heterocycles. The first-order valence-corrected chi connectivity index (χ1v) is 12.5. The number of aromatic hydroxyl groups is 1. The highest BCUT2D eigenvalue weighted by Gasteiger charge is 2.23. The van der Waals surface area contributed by atoms with Gasteiger partial charge in [0, 0.05) is 41.6 Å². The number of carbonyl (C=O) groups is 1. The van der Waals surface area contributed by atoms with Crippen LogP contribution in [0.15, 0.2) is 83.3 Å². The third-order valence-corrected chi connectivity index (χ3v) is 6.94. The number of phenolic OH excluding ortho intramolecular Hbond substituents is 1. The van der Waals surface area contributed by atoms with Crippen LogP contribution >= 0.6 is 28.1 Å². The third kappa shape index (κ3) is 4.99. The van der Waals surface area contributed by atoms with Gasteiger partial charge in [0.05, 0.1) is 22.5 Å². The second-order valence-electron chi connectivity index (χ2n) is 8.30. The van der Waals surface area contributed by atoms with Gasteiger partial charge in [-0.1, -0.05) is 58.4 Å². The van der Waals surface area contributed by atoms with Gasteiger partial charge in [0.2, 0.25) is 0 Å². The van der Waals surface area contributed by atoms with E-state index in [1.165, 1.54) is 0 Å². The first kappa shape index (κ1) is 23.3. The Morgan fingerprint density at radius 1 is 0.943 bits per heavy atom. The summed E-state index contributed by atoms with van der Waals surface area (Å²) in [7, 11) is 0. The molecule has 0 saturated carbocycles. The molecule has 1 saturated heterocycles. The first-order valence-electron chi connectivity index (χ1n) is 11.3. The number of benzene rings is 3. The van der Waals surface area contributed by atoms with E-state index in [0.717, 1.165) is 32.3 Å². The molecular formula is C27H23BrN4O2S. The standard InChI is InChI=1S/C27H23BrN4O2S/c28-19-7-5-6-18(16-19)23-17-21(20-8-1-2-9-22(20)29-23)26(34)30-27(35)32-14-12-31(13-15-32)24-10-3-4-11-25(24)33/h1-11,16-17,33H,12-15H2,(H,30,34,35). The molecule has 1 amide bonds. The fourth-order valence-corrected chi connectivity index (χ4v) is 4.96. The molecule has 5 rings (SSSR count). The number of carbonyl (C=O) groups excluding carboxylic acids is 1. The van der Waals surface area contributed by atoms with Crippen molar-refractivity contribution >= 4 is 55.8 Å². The highest BCUT2D eigenvalue weighted by Crippen LogP contribution is 2.28. The van der Waals surface area contributed by atoms with Crippen LogP contribution in [0.3, 0.4) is 0 Å². The molecule has 35 heavy (non-hydrogen) atoms. The molecule has 1 aliphatic rings. The predicted octanol–water partition coefficient (Wildman–Crippen LogP) is 5.21. The molecule has 2 N–H and O–H groups in total. The maximum atomic E-state index is 13.4. The summed E-state index contributed by atoms with van der Waals surface area (Å²) in [5, 5.41) is 14.2. The molecule has 6 nitrogen and oxygen atoms in total. The Morgan fingerprint density at radius 3 is 2.46 bits per heavy atom. The number of amides is 1. The largest absolute Gasteiger partial charge is 0.506 e. The first-order chi connectivity index (χ1) is 17.0. The Morgan fingerprint density at radius 2 is 1.69 bits per heavy atom. The number of halogens is 1. The van der Waals surface area contributed by atoms with Gasteiger partial charge in [-0.15, -0.1) is 0 Å². The highest BCUT2D eigenvalue weighted by atomic mass is 79.9. The minimum atomic E-state index is -0.256. The average Bonchev–Trinajstić information content (AvgIpc) is 2.88. The number of rotatable bonds is 3. The Bertz CT molecular complexity index is 1420. The van der Waals surface area contributed by atoms with Crippen LogP contribution in [0.4, 0.5) is 5.69 Å². The van der Waals surface area contributed by atoms with Gasteiger partial charge in [-0.2, -0.15) is 0 Å². The van der Waals surface area contributed by atoms with E-state index in [2.05, 4.69) is 26.1 Å². The Hall–Kier alpha value is -3.49. The van der Waals surface area contributed by atoms with Crippen molar-refractivity contribution in [3.8, 4) is 17.0 Å². The number of nitrogens with zero attached hydrogens (tertiary/aromatic N) is 3. The summed E-state index contributed by atoms with van der Waals surface area (Å²) in [6.45, 7) is 2.68. The van der Waals surface area contributed by atoms with Crippen LogP contribution in [0, 0.1) is 0 Å². The lowest BCUT2D eigenvalue weighted by atomic mass is 10.0. The zero-order valence-electron chi connectivity index (χ0n) is 18.8. The average molecular weight is 547 g/mol. The second-order valence-corrected chi connectivity index (χ2v) is 9.61. The lowest BCUT2D eigenvalue weighted by molar-refractivity contribution is 0.0974. The summed E-state index contributed by atoms with van der Waals surface area (Å²) < 4.78 is 0.945. The molecule has 0 aliphatic carbocycles. The van der Waals surface area contributed by atoms with Crippen LogP contribution in [-0.4, -0.2) is 52.2 Å². The van der Waals surface area contributed by atoms with Crippen molar-refractivity contribution in [3.63, 3.8) is 0 Å². The van der Waals surface area contributed by atoms with Gasteiger partial charge in [-0.3, -0.25) is 10.1 Å². The normalized spacial score (nSPS) is 13.6. The van der Waals surface area contributed by atoms with Crippen LogP contribution in [0.25, 0.3) is 22.2 Å². The Kier molecular flexibility index (Phi) is 6.66. The van der Waals surface area contributed by atoms with Crippen molar-refractivity contribution < 1.29 is 9.90 Å². The molecule has 1 fully saturated rings. The SMILES string of the molecule is O=C(NC(=S)N1CCN(c2ccccc2O)CC1)c1cc(-c2cccc(Br)c2)nc2ccccc12. The highest BCUT2D eigenvalue weighted by molar-refractivity contribution is 9.10. The number of hydrogen-bond donors (Lipinski definition) is 2. The van der Waals surface area contributed by atoms with Crippen LogP contribution in [0.2, 0.25) is 0 Å². The molecule has 0 atom stereocenters. The number of pyridine rings is 1. The van der Waals surface area contributed by atoms with E-state index in [-0.39, 0.29) is 11.7 Å². The van der Waals surface area contributed by atoms with Gasteiger partial charge < -0.3 is 14.9 Å². The zero-order valence-corrected chi connectivity index (χ0v) is 21.2. The number of hydrogen-bond acceptors (Lipinski definition) is 5. The Labute approximate surface area is 217 Å². The van der Waals surface area contributed by atoms with E-state index < -0.39 is 0 Å². The maximum Gasteiger partial charge on any atom is 0.258 e. The summed E-state index contributed by atoms with van der Waals surface area (Å²) in [5.74, 6) is 0.00984. The minimum absolute atomic E-state index is 0.256. The topological polar surface area (TPSA) is 68.7 Å². The monoisotopic (exact) mass is 546 g/mol. The third-order valence-electron chi connectivity index (χ3n) is 6.09. The number of thiocarbonyl (C=S) groups is 1. The number of fused-ring (bicyclic) bond motifs is 1. The Balaban J connectivity index is 1.34. The van der Waals surface area contributed by atoms with E-state index in [4.69, 9.17) is 17.2 Å². The van der Waals surface area contributed by atoms with Gasteiger partial charge in [-0.25, -0.2) is 4.98 Å². The molecule has 0 spiro atoms. The van der Waals surface area contributed by atoms with Crippen molar-refractivity contribution in [3.05, 3.63) is 88.9 Å². The van der Waals surface area contributed by atoms with Gasteiger partial charge in [0.1, 0.15) is 5.75 Å². The van der Waals surface area contributed by atoms with Gasteiger partial charge >= 0.3 is 0 Å². The number of aromatic nitrogens is 1. The van der Waals surface area contributed by atoms with Gasteiger partial charge in [0.25, 0.3) is 5.91 Å². The molecule has 2 heterocycles. The summed E-state index contributed by atoms with van der Waals surface area (Å²) in [4.78, 5) is 22.3. The summed E-state index contributed by atoms with van der Waals surface area (Å²) in [6.07, 6.45) is 0. The number of nitrogens with one attached hydrogen (secondary N) is 1. The van der Waals surface area contributed by atoms with Gasteiger partial charge in [0.15, 0.2) is 5.11 Å². The number of phenols is 1. The number of para-hydroxylation sites is 3. The van der Waals surface area contributed by atoms with E-state index in [1.807, 2.05) is 77.7 Å². The van der Waals surface area contributed by atoms with Gasteiger partial charge in [-0.05, 0) is 48.6 Å². The van der Waals surface area contributed by atoms with Crippen LogP contribution < -0.4 is 10.2 Å². The molecular weight excluding hydrogens is 524 g/mol. The van der Waals surface area contributed by atoms with E-state index >= 15 is 0 Å². The smallest absolute Gasteiger partial charge is 0.258 e. The van der Waals surface area contributed by atoms with Crippen LogP contribution in [0.1, 0.15) is 10.4 Å². The zero-order chi connectivity index (χ0) is 24.4. The number of piperazine rings is 1. The molecule has 0 unspecified atom stereocenters. The van der Waals surface area contributed by atoms with E-state index in [1.54, 1.807) is 6.07 Å². The van der Waals surface area contributed by atoms with Crippen molar-refractivity contribution in [2.75, 3.05) is 31.1 Å². The van der Waals surface area contributed by atoms with Crippen molar-refractivity contribution in [2.24, 2.45) is 0 Å². The maximum absolute atomic E-state index is 13.4. The molecule has 8 heteroatoms. The molecule has 176 valence electrons. The molecule has 0 radical (unpaired) electrons. The summed E-state index contributed by atoms with van der Waals surface area (Å²) in [5.41, 5.74) is 3.72. The summed E-state index contributed by atoms with van der Waals surface area (Å²) in [6, 6.07) is 24.6.